The van der Waals surface area contributed by atoms with Crippen LogP contribution >= 0.6 is 0 Å². The Bertz CT molecular complexity index is 1310. The van der Waals surface area contributed by atoms with E-state index in [-0.39, 0.29) is 36.0 Å². The Morgan fingerprint density at radius 1 is 1.26 bits per heavy atom. The quantitative estimate of drug-likeness (QED) is 0.480. The maximum atomic E-state index is 13.5. The monoisotopic (exact) mass is 425 g/mol. The molecule has 2 N–H and O–H groups in total. The van der Waals surface area contributed by atoms with Crippen LogP contribution in [0.25, 0.3) is 11.2 Å². The van der Waals surface area contributed by atoms with Gasteiger partial charge < -0.3 is 10.6 Å². The van der Waals surface area contributed by atoms with Gasteiger partial charge in [0.15, 0.2) is 11.2 Å². The maximum absolute atomic E-state index is 13.5. The topological polar surface area (TPSA) is 104 Å². The molecule has 0 bridgehead atoms. The third-order valence-corrected chi connectivity index (χ3v) is 5.46. The third-order valence-electron chi connectivity index (χ3n) is 5.46. The molecule has 0 aliphatic carbocycles. The number of rotatable bonds is 4. The second-order valence-corrected chi connectivity index (χ2v) is 7.63. The fraction of sp³-hybridized carbons (Fsp3) is 0.429. The Morgan fingerprint density at radius 3 is 2.77 bits per heavy atom. The van der Waals surface area contributed by atoms with E-state index in [0.717, 1.165) is 24.0 Å². The van der Waals surface area contributed by atoms with E-state index in [2.05, 4.69) is 21.8 Å². The average molecular weight is 425 g/mol. The number of pyridine rings is 1. The van der Waals surface area contributed by atoms with Crippen molar-refractivity contribution in [3.8, 4) is 11.8 Å². The largest absolute Gasteiger partial charge is 0.341 e. The molecule has 0 unspecified atom stereocenters. The van der Waals surface area contributed by atoms with E-state index in [1.807, 2.05) is 4.90 Å². The minimum absolute atomic E-state index is 0.0128. The smallest absolute Gasteiger partial charge is 0.332 e. The first-order valence-corrected chi connectivity index (χ1v) is 10.1. The summed E-state index contributed by atoms with van der Waals surface area (Å²) in [6.45, 7) is 3.19. The SMILES string of the molecule is CC#CCn1c(N2CCC[C@@H](N)C2)nc2c1c(=O)n(Cc1cccc(F)n1)c(=O)n2C. The number of nitrogens with zero attached hydrogens (tertiary/aromatic N) is 6. The fourth-order valence-electron chi connectivity index (χ4n) is 3.94. The van der Waals surface area contributed by atoms with Crippen LogP contribution in [0.3, 0.4) is 0 Å². The number of piperidine rings is 1. The summed E-state index contributed by atoms with van der Waals surface area (Å²) in [6.07, 6.45) is 1.84. The van der Waals surface area contributed by atoms with Crippen LogP contribution in [-0.4, -0.2) is 42.8 Å². The van der Waals surface area contributed by atoms with Crippen molar-refractivity contribution in [1.29, 1.82) is 0 Å². The van der Waals surface area contributed by atoms with Gasteiger partial charge in [-0.15, -0.1) is 5.92 Å². The van der Waals surface area contributed by atoms with Crippen LogP contribution in [0.4, 0.5) is 10.3 Å². The van der Waals surface area contributed by atoms with Crippen LogP contribution in [0.15, 0.2) is 27.8 Å². The zero-order valence-corrected chi connectivity index (χ0v) is 17.5. The summed E-state index contributed by atoms with van der Waals surface area (Å²) in [5.74, 6) is 5.73. The molecule has 3 aromatic heterocycles. The number of aromatic nitrogens is 5. The number of nitrogens with two attached hydrogens (primary N) is 1. The summed E-state index contributed by atoms with van der Waals surface area (Å²) < 4.78 is 17.6. The lowest BCUT2D eigenvalue weighted by Crippen LogP contribution is -2.44. The van der Waals surface area contributed by atoms with Gasteiger partial charge in [-0.05, 0) is 31.9 Å². The minimum atomic E-state index is -0.671. The average Bonchev–Trinajstić information content (AvgIpc) is 3.13. The Hall–Kier alpha value is -3.45. The normalized spacial score (nSPS) is 16.4. The molecule has 1 aliphatic rings. The van der Waals surface area contributed by atoms with Crippen molar-refractivity contribution in [1.82, 2.24) is 23.7 Å². The van der Waals surface area contributed by atoms with Crippen molar-refractivity contribution < 1.29 is 4.39 Å². The molecule has 0 saturated carbocycles. The lowest BCUT2D eigenvalue weighted by molar-refractivity contribution is 0.496. The highest BCUT2D eigenvalue weighted by atomic mass is 19.1. The van der Waals surface area contributed by atoms with Gasteiger partial charge in [0.05, 0.1) is 18.8 Å². The van der Waals surface area contributed by atoms with Crippen LogP contribution in [-0.2, 0) is 20.1 Å². The van der Waals surface area contributed by atoms with Crippen molar-refractivity contribution in [3.63, 3.8) is 0 Å². The van der Waals surface area contributed by atoms with E-state index >= 15 is 0 Å². The van der Waals surface area contributed by atoms with Crippen molar-refractivity contribution in [2.45, 2.75) is 38.9 Å². The van der Waals surface area contributed by atoms with Crippen LogP contribution in [0.1, 0.15) is 25.5 Å². The molecule has 0 aromatic carbocycles. The molecule has 4 rings (SSSR count). The Labute approximate surface area is 177 Å². The number of aryl methyl sites for hydroxylation is 1. The first-order chi connectivity index (χ1) is 14.9. The molecular formula is C21H24FN7O2. The van der Waals surface area contributed by atoms with E-state index < -0.39 is 17.2 Å². The van der Waals surface area contributed by atoms with Gasteiger partial charge in [0.2, 0.25) is 11.9 Å². The molecule has 0 spiro atoms. The van der Waals surface area contributed by atoms with Crippen molar-refractivity contribution >= 4 is 17.1 Å². The molecule has 162 valence electrons. The number of halogens is 1. The number of anilines is 1. The van der Waals surface area contributed by atoms with Gasteiger partial charge in [0, 0.05) is 26.2 Å². The Morgan fingerprint density at radius 2 is 2.06 bits per heavy atom. The van der Waals surface area contributed by atoms with E-state index in [1.165, 1.54) is 16.7 Å². The summed E-state index contributed by atoms with van der Waals surface area (Å²) in [6, 6.07) is 4.28. The van der Waals surface area contributed by atoms with Crippen LogP contribution in [0.2, 0.25) is 0 Å². The number of hydrogen-bond donors (Lipinski definition) is 1. The van der Waals surface area contributed by atoms with E-state index in [1.54, 1.807) is 24.6 Å². The molecule has 4 heterocycles. The fourth-order valence-corrected chi connectivity index (χ4v) is 3.94. The predicted molar refractivity (Wildman–Crippen MR) is 115 cm³/mol. The van der Waals surface area contributed by atoms with Gasteiger partial charge in [-0.1, -0.05) is 12.0 Å². The Balaban J connectivity index is 1.93. The number of fused-ring (bicyclic) bond motifs is 1. The molecule has 1 atom stereocenters. The molecule has 31 heavy (non-hydrogen) atoms. The van der Waals surface area contributed by atoms with Crippen LogP contribution in [0, 0.1) is 17.8 Å². The zero-order valence-electron chi connectivity index (χ0n) is 17.5. The van der Waals surface area contributed by atoms with Gasteiger partial charge in [-0.25, -0.2) is 9.78 Å². The summed E-state index contributed by atoms with van der Waals surface area (Å²) in [7, 11) is 1.56. The first-order valence-electron chi connectivity index (χ1n) is 10.1. The molecule has 0 amide bonds. The lowest BCUT2D eigenvalue weighted by atomic mass is 10.1. The lowest BCUT2D eigenvalue weighted by Gasteiger charge is -2.31. The molecule has 0 radical (unpaired) electrons. The highest BCUT2D eigenvalue weighted by Crippen LogP contribution is 2.22. The molecule has 9 nitrogen and oxygen atoms in total. The second kappa shape index (κ2) is 8.35. The summed E-state index contributed by atoms with van der Waals surface area (Å²) in [5, 5.41) is 0. The zero-order chi connectivity index (χ0) is 22.1. The highest BCUT2D eigenvalue weighted by molar-refractivity contribution is 5.75. The molecule has 1 saturated heterocycles. The minimum Gasteiger partial charge on any atom is -0.341 e. The van der Waals surface area contributed by atoms with Gasteiger partial charge >= 0.3 is 5.69 Å². The molecular weight excluding hydrogens is 401 g/mol. The van der Waals surface area contributed by atoms with Gasteiger partial charge in [-0.3, -0.25) is 18.5 Å². The summed E-state index contributed by atoms with van der Waals surface area (Å²) >= 11 is 0. The first kappa shape index (κ1) is 20.8. The summed E-state index contributed by atoms with van der Waals surface area (Å²) in [5.41, 5.74) is 5.93. The van der Waals surface area contributed by atoms with Gasteiger partial charge in [0.1, 0.15) is 0 Å². The molecule has 10 heteroatoms. The standard InChI is InChI=1S/C21H24FN7O2/c1-3-4-11-28-17-18(25-20(28)27-10-6-7-14(23)12-27)26(2)21(31)29(19(17)30)13-15-8-5-9-16(22)24-15/h5,8-9,14H,6-7,10-13,23H2,1-2H3/t14-/m1/s1. The van der Waals surface area contributed by atoms with E-state index in [4.69, 9.17) is 5.73 Å². The number of hydrogen-bond acceptors (Lipinski definition) is 6. The maximum Gasteiger partial charge on any atom is 0.332 e. The number of imidazole rings is 1. The third kappa shape index (κ3) is 3.84. The highest BCUT2D eigenvalue weighted by Gasteiger charge is 2.26. The summed E-state index contributed by atoms with van der Waals surface area (Å²) in [4.78, 5) is 36.8. The predicted octanol–water partition coefficient (Wildman–Crippen LogP) is 0.430. The molecule has 3 aromatic rings. The van der Waals surface area contributed by atoms with Gasteiger partial charge in [0.25, 0.3) is 5.56 Å². The van der Waals surface area contributed by atoms with E-state index in [9.17, 15) is 14.0 Å². The van der Waals surface area contributed by atoms with Crippen LogP contribution in [0.5, 0.6) is 0 Å². The van der Waals surface area contributed by atoms with Crippen molar-refractivity contribution in [3.05, 3.63) is 50.7 Å². The van der Waals surface area contributed by atoms with Crippen molar-refractivity contribution in [2.75, 3.05) is 18.0 Å². The van der Waals surface area contributed by atoms with Gasteiger partial charge in [-0.2, -0.15) is 9.37 Å². The van der Waals surface area contributed by atoms with Crippen molar-refractivity contribution in [2.24, 2.45) is 12.8 Å². The molecule has 1 aliphatic heterocycles. The molecule has 1 fully saturated rings. The second-order valence-electron chi connectivity index (χ2n) is 7.63. The van der Waals surface area contributed by atoms with E-state index in [0.29, 0.717) is 12.5 Å². The van der Waals surface area contributed by atoms with Crippen LogP contribution < -0.4 is 21.9 Å². The Kier molecular flexibility index (Phi) is 5.61.